The fourth-order valence-corrected chi connectivity index (χ4v) is 3.15. The normalized spacial score (nSPS) is 12.7. The SMILES string of the molecule is CC[C@@H](C)NC(=O)[C@@H](C)N(Cc1ccc(Cl)cc1)C(=O)CCCOc1ccc(C)cc1. The lowest BCUT2D eigenvalue weighted by atomic mass is 10.1. The zero-order valence-electron chi connectivity index (χ0n) is 18.9. The Balaban J connectivity index is 1.99. The summed E-state index contributed by atoms with van der Waals surface area (Å²) >= 11 is 5.98. The van der Waals surface area contributed by atoms with Crippen LogP contribution in [0.2, 0.25) is 5.02 Å². The number of hydrogen-bond donors (Lipinski definition) is 1. The van der Waals surface area contributed by atoms with E-state index in [0.717, 1.165) is 17.7 Å². The van der Waals surface area contributed by atoms with E-state index >= 15 is 0 Å². The second-order valence-electron chi connectivity index (χ2n) is 7.91. The quantitative estimate of drug-likeness (QED) is 0.488. The van der Waals surface area contributed by atoms with E-state index in [-0.39, 0.29) is 17.9 Å². The van der Waals surface area contributed by atoms with Crippen LogP contribution in [0.4, 0.5) is 0 Å². The van der Waals surface area contributed by atoms with Gasteiger partial charge in [0, 0.05) is 24.0 Å². The number of rotatable bonds is 11. The summed E-state index contributed by atoms with van der Waals surface area (Å²) in [7, 11) is 0. The van der Waals surface area contributed by atoms with E-state index in [1.54, 1.807) is 24.0 Å². The number of carbonyl (C=O) groups excluding carboxylic acids is 2. The Hall–Kier alpha value is -2.53. The van der Waals surface area contributed by atoms with Crippen molar-refractivity contribution in [1.82, 2.24) is 10.2 Å². The molecule has 0 unspecified atom stereocenters. The summed E-state index contributed by atoms with van der Waals surface area (Å²) in [6.07, 6.45) is 1.71. The molecule has 168 valence electrons. The van der Waals surface area contributed by atoms with Gasteiger partial charge in [-0.25, -0.2) is 0 Å². The molecule has 0 bridgehead atoms. The molecule has 1 N–H and O–H groups in total. The van der Waals surface area contributed by atoms with Gasteiger partial charge in [0.05, 0.1) is 6.61 Å². The predicted octanol–water partition coefficient (Wildman–Crippen LogP) is 5.14. The first-order valence-corrected chi connectivity index (χ1v) is 11.2. The Morgan fingerprint density at radius 2 is 1.71 bits per heavy atom. The predicted molar refractivity (Wildman–Crippen MR) is 125 cm³/mol. The number of amides is 2. The van der Waals surface area contributed by atoms with E-state index in [1.807, 2.05) is 57.2 Å². The molecular weight excluding hydrogens is 412 g/mol. The first-order valence-electron chi connectivity index (χ1n) is 10.8. The standard InChI is InChI=1S/C25H33ClN2O3/c1-5-19(3)27-25(30)20(4)28(17-21-10-12-22(26)13-11-21)24(29)7-6-16-31-23-14-8-18(2)9-15-23/h8-15,19-20H,5-7,16-17H2,1-4H3,(H,27,30)/t19-,20-/m1/s1. The van der Waals surface area contributed by atoms with Crippen LogP contribution < -0.4 is 10.1 Å². The average molecular weight is 445 g/mol. The van der Waals surface area contributed by atoms with Gasteiger partial charge in [-0.2, -0.15) is 0 Å². The van der Waals surface area contributed by atoms with Gasteiger partial charge in [0.1, 0.15) is 11.8 Å². The van der Waals surface area contributed by atoms with Crippen molar-refractivity contribution in [3.05, 3.63) is 64.7 Å². The fourth-order valence-electron chi connectivity index (χ4n) is 3.03. The van der Waals surface area contributed by atoms with E-state index in [4.69, 9.17) is 16.3 Å². The van der Waals surface area contributed by atoms with E-state index < -0.39 is 6.04 Å². The lowest BCUT2D eigenvalue weighted by molar-refractivity contribution is -0.141. The molecule has 0 radical (unpaired) electrons. The summed E-state index contributed by atoms with van der Waals surface area (Å²) < 4.78 is 5.73. The van der Waals surface area contributed by atoms with Gasteiger partial charge >= 0.3 is 0 Å². The highest BCUT2D eigenvalue weighted by Gasteiger charge is 2.26. The number of carbonyl (C=O) groups is 2. The number of halogens is 1. The maximum absolute atomic E-state index is 13.0. The van der Waals surface area contributed by atoms with Gasteiger partial charge in [-0.1, -0.05) is 48.4 Å². The number of benzene rings is 2. The number of nitrogens with zero attached hydrogens (tertiary/aromatic N) is 1. The fraction of sp³-hybridized carbons (Fsp3) is 0.440. The van der Waals surface area contributed by atoms with Crippen molar-refractivity contribution in [3.8, 4) is 5.75 Å². The number of ether oxygens (including phenoxy) is 1. The number of hydrogen-bond acceptors (Lipinski definition) is 3. The molecule has 2 rings (SSSR count). The van der Waals surface area contributed by atoms with Crippen molar-refractivity contribution in [1.29, 1.82) is 0 Å². The molecule has 0 aliphatic heterocycles. The molecule has 2 atom stereocenters. The van der Waals surface area contributed by atoms with Crippen LogP contribution in [0.15, 0.2) is 48.5 Å². The zero-order valence-corrected chi connectivity index (χ0v) is 19.6. The number of aryl methyl sites for hydroxylation is 1. The summed E-state index contributed by atoms with van der Waals surface area (Å²) in [4.78, 5) is 27.4. The Kier molecular flexibility index (Phi) is 9.86. The second-order valence-corrected chi connectivity index (χ2v) is 8.34. The van der Waals surface area contributed by atoms with Gasteiger partial charge in [-0.15, -0.1) is 0 Å². The summed E-state index contributed by atoms with van der Waals surface area (Å²) in [5, 5.41) is 3.61. The monoisotopic (exact) mass is 444 g/mol. The van der Waals surface area contributed by atoms with Crippen LogP contribution in [0, 0.1) is 6.92 Å². The van der Waals surface area contributed by atoms with E-state index in [1.165, 1.54) is 5.56 Å². The van der Waals surface area contributed by atoms with Gasteiger partial charge in [0.25, 0.3) is 0 Å². The van der Waals surface area contributed by atoms with Crippen molar-refractivity contribution in [2.45, 2.75) is 65.6 Å². The molecule has 6 heteroatoms. The van der Waals surface area contributed by atoms with Gasteiger partial charge in [0.2, 0.25) is 11.8 Å². The van der Waals surface area contributed by atoms with Crippen molar-refractivity contribution >= 4 is 23.4 Å². The third-order valence-electron chi connectivity index (χ3n) is 5.26. The maximum Gasteiger partial charge on any atom is 0.242 e. The number of nitrogens with one attached hydrogen (secondary N) is 1. The topological polar surface area (TPSA) is 58.6 Å². The van der Waals surface area contributed by atoms with E-state index in [0.29, 0.717) is 31.0 Å². The van der Waals surface area contributed by atoms with Gasteiger partial charge in [-0.3, -0.25) is 9.59 Å². The minimum atomic E-state index is -0.574. The van der Waals surface area contributed by atoms with Gasteiger partial charge < -0.3 is 15.0 Å². The molecule has 0 saturated heterocycles. The van der Waals surface area contributed by atoms with E-state index in [9.17, 15) is 9.59 Å². The van der Waals surface area contributed by atoms with Crippen LogP contribution in [0.5, 0.6) is 5.75 Å². The minimum Gasteiger partial charge on any atom is -0.494 e. The Morgan fingerprint density at radius 1 is 1.06 bits per heavy atom. The van der Waals surface area contributed by atoms with Crippen LogP contribution in [0.3, 0.4) is 0 Å². The van der Waals surface area contributed by atoms with Gasteiger partial charge in [-0.05, 0) is 63.4 Å². The third kappa shape index (κ3) is 8.25. The molecule has 2 aromatic rings. The Bertz CT molecular complexity index is 837. The highest BCUT2D eigenvalue weighted by Crippen LogP contribution is 2.16. The molecule has 5 nitrogen and oxygen atoms in total. The van der Waals surface area contributed by atoms with Crippen molar-refractivity contribution < 1.29 is 14.3 Å². The van der Waals surface area contributed by atoms with Crippen molar-refractivity contribution in [2.75, 3.05) is 6.61 Å². The summed E-state index contributed by atoms with van der Waals surface area (Å²) in [6, 6.07) is 14.7. The van der Waals surface area contributed by atoms with Gasteiger partial charge in [0.15, 0.2) is 0 Å². The largest absolute Gasteiger partial charge is 0.494 e. The lowest BCUT2D eigenvalue weighted by Crippen LogP contribution is -2.49. The summed E-state index contributed by atoms with van der Waals surface area (Å²) in [5.41, 5.74) is 2.10. The Morgan fingerprint density at radius 3 is 2.32 bits per heavy atom. The first-order chi connectivity index (χ1) is 14.8. The third-order valence-corrected chi connectivity index (χ3v) is 5.51. The van der Waals surface area contributed by atoms with Crippen LogP contribution in [-0.2, 0) is 16.1 Å². The molecule has 0 heterocycles. The molecule has 0 aliphatic rings. The molecule has 2 aromatic carbocycles. The zero-order chi connectivity index (χ0) is 22.8. The smallest absolute Gasteiger partial charge is 0.242 e. The van der Waals surface area contributed by atoms with Crippen molar-refractivity contribution in [2.24, 2.45) is 0 Å². The first kappa shape index (κ1) is 24.7. The molecule has 2 amide bonds. The lowest BCUT2D eigenvalue weighted by Gasteiger charge is -2.29. The molecule has 0 fully saturated rings. The van der Waals surface area contributed by atoms with Crippen LogP contribution in [-0.4, -0.2) is 35.4 Å². The molecular formula is C25H33ClN2O3. The van der Waals surface area contributed by atoms with Crippen molar-refractivity contribution in [3.63, 3.8) is 0 Å². The maximum atomic E-state index is 13.0. The molecule has 0 saturated carbocycles. The van der Waals surface area contributed by atoms with E-state index in [2.05, 4.69) is 5.32 Å². The van der Waals surface area contributed by atoms with Crippen LogP contribution in [0.1, 0.15) is 51.2 Å². The molecule has 0 aromatic heterocycles. The summed E-state index contributed by atoms with van der Waals surface area (Å²) in [6.45, 7) is 8.56. The van der Waals surface area contributed by atoms with Crippen LogP contribution >= 0.6 is 11.6 Å². The van der Waals surface area contributed by atoms with Crippen LogP contribution in [0.25, 0.3) is 0 Å². The highest BCUT2D eigenvalue weighted by molar-refractivity contribution is 6.30. The molecule has 31 heavy (non-hydrogen) atoms. The summed E-state index contributed by atoms with van der Waals surface area (Å²) in [5.74, 6) is 0.569. The second kappa shape index (κ2) is 12.4. The molecule has 0 aliphatic carbocycles. The Labute approximate surface area is 190 Å². The highest BCUT2D eigenvalue weighted by atomic mass is 35.5. The average Bonchev–Trinajstić information content (AvgIpc) is 2.76. The minimum absolute atomic E-state index is 0.0605. The molecule has 0 spiro atoms.